The van der Waals surface area contributed by atoms with Gasteiger partial charge in [-0.05, 0) is 54.4 Å². The molecule has 0 radical (unpaired) electrons. The minimum atomic E-state index is -0.00519. The molecule has 7 heteroatoms. The Bertz CT molecular complexity index is 882. The maximum atomic E-state index is 12.4. The van der Waals surface area contributed by atoms with Gasteiger partial charge in [-0.3, -0.25) is 9.59 Å². The molecule has 1 atom stereocenters. The molecule has 2 N–H and O–H groups in total. The summed E-state index contributed by atoms with van der Waals surface area (Å²) in [6.07, 6.45) is 0.411. The van der Waals surface area contributed by atoms with Crippen LogP contribution in [0.2, 0.25) is 5.02 Å². The summed E-state index contributed by atoms with van der Waals surface area (Å²) in [7, 11) is 0. The first kappa shape index (κ1) is 20.6. The van der Waals surface area contributed by atoms with Gasteiger partial charge in [0.25, 0.3) is 0 Å². The van der Waals surface area contributed by atoms with Gasteiger partial charge < -0.3 is 15.5 Å². The van der Waals surface area contributed by atoms with Gasteiger partial charge in [-0.2, -0.15) is 0 Å². The molecule has 0 aromatic heterocycles. The summed E-state index contributed by atoms with van der Waals surface area (Å²) in [6.45, 7) is 4.27. The Labute approximate surface area is 175 Å². The number of hydrogen-bond acceptors (Lipinski definition) is 3. The Kier molecular flexibility index (Phi) is 6.28. The molecule has 2 aromatic carbocycles. The third-order valence-corrected chi connectivity index (χ3v) is 5.71. The van der Waals surface area contributed by atoms with Crippen molar-refractivity contribution >= 4 is 47.2 Å². The highest BCUT2D eigenvalue weighted by Gasteiger charge is 2.29. The maximum absolute atomic E-state index is 12.4. The van der Waals surface area contributed by atoms with Crippen molar-refractivity contribution in [2.24, 2.45) is 11.8 Å². The van der Waals surface area contributed by atoms with Gasteiger partial charge >= 0.3 is 0 Å². The number of fused-ring (bicyclic) bond motifs is 1. The van der Waals surface area contributed by atoms with Gasteiger partial charge in [0.05, 0.1) is 13.0 Å². The second-order valence-electron chi connectivity index (χ2n) is 7.32. The van der Waals surface area contributed by atoms with E-state index in [0.717, 1.165) is 35.6 Å². The molecule has 2 amide bonds. The van der Waals surface area contributed by atoms with Crippen molar-refractivity contribution in [3.8, 4) is 0 Å². The average molecular weight is 420 g/mol. The summed E-state index contributed by atoms with van der Waals surface area (Å²) in [4.78, 5) is 26.4. The molecule has 2 aliphatic heterocycles. The third kappa shape index (κ3) is 4.17. The standard InChI is InChI=1S/C21H22ClN3O2.ClH/c1-13(16-10-23-11-16)21(27)24-18-6-2-14(3-7-18)12-25-19-9-17(22)5-4-15(19)8-20(25)26;/h2-7,9,13,16,23H,8,10-12H2,1H3,(H,24,27);1H. The third-order valence-electron chi connectivity index (χ3n) is 5.48. The fourth-order valence-electron chi connectivity index (χ4n) is 3.51. The fourth-order valence-corrected chi connectivity index (χ4v) is 3.68. The average Bonchev–Trinajstić information content (AvgIpc) is 2.90. The summed E-state index contributed by atoms with van der Waals surface area (Å²) in [5, 5.41) is 6.80. The Hall–Kier alpha value is -2.08. The first-order chi connectivity index (χ1) is 13.0. The lowest BCUT2D eigenvalue weighted by molar-refractivity contribution is -0.121. The minimum absolute atomic E-state index is 0. The van der Waals surface area contributed by atoms with Crippen molar-refractivity contribution in [2.45, 2.75) is 19.9 Å². The molecule has 28 heavy (non-hydrogen) atoms. The lowest BCUT2D eigenvalue weighted by atomic mass is 9.88. The number of amides is 2. The lowest BCUT2D eigenvalue weighted by Gasteiger charge is -2.31. The first-order valence-electron chi connectivity index (χ1n) is 9.20. The molecule has 2 aromatic rings. The van der Waals surface area contributed by atoms with Crippen LogP contribution in [0.3, 0.4) is 0 Å². The first-order valence-corrected chi connectivity index (χ1v) is 9.58. The number of hydrogen-bond donors (Lipinski definition) is 2. The van der Waals surface area contributed by atoms with Crippen LogP contribution in [0.25, 0.3) is 0 Å². The van der Waals surface area contributed by atoms with Crippen LogP contribution >= 0.6 is 24.0 Å². The Morgan fingerprint density at radius 1 is 1.25 bits per heavy atom. The highest BCUT2D eigenvalue weighted by molar-refractivity contribution is 6.31. The van der Waals surface area contributed by atoms with E-state index in [9.17, 15) is 9.59 Å². The van der Waals surface area contributed by atoms with E-state index in [1.165, 1.54) is 0 Å². The maximum Gasteiger partial charge on any atom is 0.231 e. The van der Waals surface area contributed by atoms with Crippen LogP contribution < -0.4 is 15.5 Å². The number of nitrogens with zero attached hydrogens (tertiary/aromatic N) is 1. The summed E-state index contributed by atoms with van der Waals surface area (Å²) in [5.74, 6) is 0.534. The van der Waals surface area contributed by atoms with E-state index in [2.05, 4.69) is 10.6 Å². The quantitative estimate of drug-likeness (QED) is 0.777. The van der Waals surface area contributed by atoms with E-state index in [4.69, 9.17) is 11.6 Å². The molecule has 0 saturated carbocycles. The van der Waals surface area contributed by atoms with Crippen LogP contribution in [0.4, 0.5) is 11.4 Å². The van der Waals surface area contributed by atoms with E-state index in [-0.39, 0.29) is 30.1 Å². The van der Waals surface area contributed by atoms with Crippen LogP contribution in [-0.2, 0) is 22.6 Å². The van der Waals surface area contributed by atoms with Gasteiger partial charge in [0.2, 0.25) is 11.8 Å². The van der Waals surface area contributed by atoms with Crippen molar-refractivity contribution in [2.75, 3.05) is 23.3 Å². The van der Waals surface area contributed by atoms with Crippen molar-refractivity contribution in [1.82, 2.24) is 5.32 Å². The lowest BCUT2D eigenvalue weighted by Crippen LogP contribution is -2.48. The fraction of sp³-hybridized carbons (Fsp3) is 0.333. The van der Waals surface area contributed by atoms with Crippen LogP contribution in [0.1, 0.15) is 18.1 Å². The van der Waals surface area contributed by atoms with Gasteiger partial charge in [-0.15, -0.1) is 12.4 Å². The van der Waals surface area contributed by atoms with Gasteiger partial charge in [0.1, 0.15) is 0 Å². The Balaban J connectivity index is 0.00000225. The summed E-state index contributed by atoms with van der Waals surface area (Å²) in [5.41, 5.74) is 3.67. The molecule has 0 bridgehead atoms. The van der Waals surface area contributed by atoms with E-state index in [1.54, 1.807) is 4.90 Å². The van der Waals surface area contributed by atoms with Crippen molar-refractivity contribution in [1.29, 1.82) is 0 Å². The zero-order valence-corrected chi connectivity index (χ0v) is 17.1. The zero-order chi connectivity index (χ0) is 19.0. The van der Waals surface area contributed by atoms with E-state index < -0.39 is 0 Å². The van der Waals surface area contributed by atoms with Crippen LogP contribution in [-0.4, -0.2) is 24.9 Å². The second-order valence-corrected chi connectivity index (χ2v) is 7.76. The van der Waals surface area contributed by atoms with Gasteiger partial charge in [-0.25, -0.2) is 0 Å². The minimum Gasteiger partial charge on any atom is -0.326 e. The smallest absolute Gasteiger partial charge is 0.231 e. The molecular weight excluding hydrogens is 397 g/mol. The topological polar surface area (TPSA) is 61.4 Å². The van der Waals surface area contributed by atoms with Crippen LogP contribution in [0.5, 0.6) is 0 Å². The molecule has 4 rings (SSSR count). The molecule has 2 aliphatic rings. The Morgan fingerprint density at radius 3 is 2.61 bits per heavy atom. The van der Waals surface area contributed by atoms with E-state index in [0.29, 0.717) is 23.9 Å². The Morgan fingerprint density at radius 2 is 1.96 bits per heavy atom. The van der Waals surface area contributed by atoms with Crippen molar-refractivity contribution in [3.05, 3.63) is 58.6 Å². The SMILES string of the molecule is CC(C(=O)Nc1ccc(CN2C(=O)Cc3ccc(Cl)cc32)cc1)C1CNC1.Cl. The number of benzene rings is 2. The van der Waals surface area contributed by atoms with Gasteiger partial charge in [-0.1, -0.05) is 36.7 Å². The predicted molar refractivity (Wildman–Crippen MR) is 114 cm³/mol. The molecule has 0 spiro atoms. The highest BCUT2D eigenvalue weighted by Crippen LogP contribution is 2.32. The molecule has 1 unspecified atom stereocenters. The molecule has 1 fully saturated rings. The highest BCUT2D eigenvalue weighted by atomic mass is 35.5. The zero-order valence-electron chi connectivity index (χ0n) is 15.6. The summed E-state index contributed by atoms with van der Waals surface area (Å²) < 4.78 is 0. The molecule has 2 heterocycles. The number of nitrogens with one attached hydrogen (secondary N) is 2. The van der Waals surface area contributed by atoms with Crippen LogP contribution in [0, 0.1) is 11.8 Å². The van der Waals surface area contributed by atoms with Crippen molar-refractivity contribution in [3.63, 3.8) is 0 Å². The predicted octanol–water partition coefficient (Wildman–Crippen LogP) is 3.65. The number of carbonyl (C=O) groups excluding carboxylic acids is 2. The molecule has 5 nitrogen and oxygen atoms in total. The normalized spacial score (nSPS) is 16.8. The van der Waals surface area contributed by atoms with Gasteiger partial charge in [0, 0.05) is 22.3 Å². The number of anilines is 2. The summed E-state index contributed by atoms with van der Waals surface area (Å²) in [6, 6.07) is 13.2. The largest absolute Gasteiger partial charge is 0.326 e. The molecular formula is C21H23Cl2N3O2. The van der Waals surface area contributed by atoms with Crippen LogP contribution in [0.15, 0.2) is 42.5 Å². The van der Waals surface area contributed by atoms with E-state index in [1.807, 2.05) is 49.4 Å². The van der Waals surface area contributed by atoms with Crippen molar-refractivity contribution < 1.29 is 9.59 Å². The number of carbonyl (C=O) groups is 2. The van der Waals surface area contributed by atoms with E-state index >= 15 is 0 Å². The molecule has 148 valence electrons. The summed E-state index contributed by atoms with van der Waals surface area (Å²) >= 11 is 6.09. The monoisotopic (exact) mass is 419 g/mol. The molecule has 1 saturated heterocycles. The number of halogens is 2. The van der Waals surface area contributed by atoms with Gasteiger partial charge in [0.15, 0.2) is 0 Å². The molecule has 0 aliphatic carbocycles. The second kappa shape index (κ2) is 8.52. The number of rotatable bonds is 5.